The average Bonchev–Trinajstić information content (AvgIpc) is 2.71. The number of aryl methyl sites for hydroxylation is 1. The van der Waals surface area contributed by atoms with Gasteiger partial charge in [0.15, 0.2) is 9.84 Å². The molecule has 0 saturated carbocycles. The molecule has 0 saturated heterocycles. The van der Waals surface area contributed by atoms with Gasteiger partial charge in [-0.2, -0.15) is 0 Å². The van der Waals surface area contributed by atoms with Gasteiger partial charge in [0.2, 0.25) is 0 Å². The number of carbonyl (C=O) groups is 1. The predicted octanol–water partition coefficient (Wildman–Crippen LogP) is 3.71. The summed E-state index contributed by atoms with van der Waals surface area (Å²) in [7, 11) is -2.81. The van der Waals surface area contributed by atoms with Crippen molar-refractivity contribution in [2.24, 2.45) is 0 Å². The molecule has 0 fully saturated rings. The van der Waals surface area contributed by atoms with Crippen LogP contribution in [0.4, 0.5) is 0 Å². The molecule has 2 rings (SSSR count). The summed E-state index contributed by atoms with van der Waals surface area (Å²) in [6, 6.07) is 13.9. The van der Waals surface area contributed by atoms with Gasteiger partial charge in [-0.05, 0) is 37.1 Å². The highest BCUT2D eigenvalue weighted by atomic mass is 32.2. The fourth-order valence-electron chi connectivity index (χ4n) is 2.71. The summed E-state index contributed by atoms with van der Waals surface area (Å²) in [4.78, 5) is 14.6. The zero-order valence-electron chi connectivity index (χ0n) is 17.0. The molecular formula is C22H27NO4S2. The summed E-state index contributed by atoms with van der Waals surface area (Å²) in [6.45, 7) is 4.13. The lowest BCUT2D eigenvalue weighted by Crippen LogP contribution is -2.28. The molecule has 2 aromatic carbocycles. The number of rotatable bonds is 9. The highest BCUT2D eigenvalue weighted by Crippen LogP contribution is 2.15. The average molecular weight is 434 g/mol. The van der Waals surface area contributed by atoms with E-state index >= 15 is 0 Å². The Bertz CT molecular complexity index is 996. The fourth-order valence-corrected chi connectivity index (χ4v) is 4.57. The fraction of sp³-hybridized carbons (Fsp3) is 0.318. The molecule has 7 heteroatoms. The smallest absolute Gasteiger partial charge is 0.253 e. The minimum absolute atomic E-state index is 0.163. The Morgan fingerprint density at radius 3 is 2.41 bits per heavy atom. The third-order valence-electron chi connectivity index (χ3n) is 4.49. The van der Waals surface area contributed by atoms with Gasteiger partial charge in [-0.25, -0.2) is 8.42 Å². The van der Waals surface area contributed by atoms with Gasteiger partial charge in [-0.1, -0.05) is 48.9 Å². The third kappa shape index (κ3) is 6.65. The number of carbonyl (C=O) groups excluding carboxylic acids is 1. The second-order valence-corrected chi connectivity index (χ2v) is 10.4. The molecule has 0 N–H and O–H groups in total. The summed E-state index contributed by atoms with van der Waals surface area (Å²) in [6.07, 6.45) is 1.98. The number of amides is 1. The minimum atomic E-state index is -3.49. The van der Waals surface area contributed by atoms with Crippen LogP contribution >= 0.6 is 0 Å². The van der Waals surface area contributed by atoms with Crippen LogP contribution in [-0.4, -0.2) is 42.8 Å². The van der Waals surface area contributed by atoms with Crippen molar-refractivity contribution in [2.45, 2.75) is 30.9 Å². The van der Waals surface area contributed by atoms with Gasteiger partial charge in [0.25, 0.3) is 5.91 Å². The number of hydrogen-bond acceptors (Lipinski definition) is 4. The van der Waals surface area contributed by atoms with Crippen molar-refractivity contribution in [3.63, 3.8) is 0 Å². The Kier molecular flexibility index (Phi) is 8.34. The van der Waals surface area contributed by atoms with E-state index in [4.69, 9.17) is 0 Å². The van der Waals surface area contributed by atoms with Gasteiger partial charge in [0.05, 0.1) is 4.90 Å². The predicted molar refractivity (Wildman–Crippen MR) is 118 cm³/mol. The van der Waals surface area contributed by atoms with Crippen LogP contribution in [0.2, 0.25) is 0 Å². The van der Waals surface area contributed by atoms with Gasteiger partial charge >= 0.3 is 0 Å². The third-order valence-corrected chi connectivity index (χ3v) is 7.25. The highest BCUT2D eigenvalue weighted by molar-refractivity contribution is 7.94. The second kappa shape index (κ2) is 10.5. The van der Waals surface area contributed by atoms with Gasteiger partial charge < -0.3 is 4.90 Å². The van der Waals surface area contributed by atoms with Crippen LogP contribution in [0.15, 0.2) is 64.9 Å². The van der Waals surface area contributed by atoms with Crippen molar-refractivity contribution in [3.05, 3.63) is 76.7 Å². The van der Waals surface area contributed by atoms with Crippen LogP contribution in [-0.2, 0) is 26.4 Å². The van der Waals surface area contributed by atoms with Crippen LogP contribution in [0, 0.1) is 6.92 Å². The summed E-state index contributed by atoms with van der Waals surface area (Å²) in [5, 5.41) is 1.19. The normalized spacial score (nSPS) is 12.8. The summed E-state index contributed by atoms with van der Waals surface area (Å²) in [5.74, 6) is 0.725. The van der Waals surface area contributed by atoms with Gasteiger partial charge in [0, 0.05) is 46.9 Å². The summed E-state index contributed by atoms with van der Waals surface area (Å²) < 4.78 is 36.5. The minimum Gasteiger partial charge on any atom is -0.341 e. The maximum absolute atomic E-state index is 12.8. The van der Waals surface area contributed by atoms with Crippen molar-refractivity contribution in [1.29, 1.82) is 0 Å². The summed E-state index contributed by atoms with van der Waals surface area (Å²) in [5.41, 5.74) is 2.30. The first-order valence-electron chi connectivity index (χ1n) is 9.41. The lowest BCUT2D eigenvalue weighted by molar-refractivity contribution is 0.0796. The zero-order chi connectivity index (χ0) is 21.4. The topological polar surface area (TPSA) is 71.5 Å². The molecule has 2 aromatic rings. The molecule has 0 radical (unpaired) electrons. The van der Waals surface area contributed by atoms with E-state index in [1.54, 1.807) is 54.4 Å². The van der Waals surface area contributed by atoms with E-state index in [0.717, 1.165) is 11.1 Å². The van der Waals surface area contributed by atoms with E-state index in [1.807, 2.05) is 26.0 Å². The first-order valence-corrected chi connectivity index (χ1v) is 12.4. The SMILES string of the molecule is CCS(=O)Cc1ccccc1C(=O)N(C)CC/C=C/S(=O)(=O)c1ccc(C)cc1. The molecule has 0 spiro atoms. The van der Waals surface area contributed by atoms with Gasteiger partial charge in [-0.15, -0.1) is 0 Å². The van der Waals surface area contributed by atoms with Crippen molar-refractivity contribution in [3.8, 4) is 0 Å². The van der Waals surface area contributed by atoms with Gasteiger partial charge in [-0.3, -0.25) is 9.00 Å². The highest BCUT2D eigenvalue weighted by Gasteiger charge is 2.16. The molecule has 1 amide bonds. The first-order chi connectivity index (χ1) is 13.7. The van der Waals surface area contributed by atoms with E-state index in [0.29, 0.717) is 30.0 Å². The molecule has 0 aliphatic heterocycles. The molecule has 0 heterocycles. The van der Waals surface area contributed by atoms with E-state index in [9.17, 15) is 17.4 Å². The Morgan fingerprint density at radius 1 is 1.10 bits per heavy atom. The number of hydrogen-bond donors (Lipinski definition) is 0. The zero-order valence-corrected chi connectivity index (χ0v) is 18.6. The van der Waals surface area contributed by atoms with Crippen LogP contribution in [0.3, 0.4) is 0 Å². The Morgan fingerprint density at radius 2 is 1.76 bits per heavy atom. The van der Waals surface area contributed by atoms with Crippen LogP contribution in [0.5, 0.6) is 0 Å². The maximum Gasteiger partial charge on any atom is 0.253 e. The molecule has 1 unspecified atom stereocenters. The molecule has 0 bridgehead atoms. The second-order valence-electron chi connectivity index (χ2n) is 6.78. The van der Waals surface area contributed by atoms with Crippen molar-refractivity contribution < 1.29 is 17.4 Å². The molecule has 0 aliphatic rings. The Balaban J connectivity index is 2.00. The van der Waals surface area contributed by atoms with Crippen LogP contribution in [0.1, 0.15) is 34.8 Å². The van der Waals surface area contributed by atoms with Crippen LogP contribution in [0.25, 0.3) is 0 Å². The van der Waals surface area contributed by atoms with E-state index in [2.05, 4.69) is 0 Å². The molecule has 1 atom stereocenters. The van der Waals surface area contributed by atoms with E-state index in [1.165, 1.54) is 5.41 Å². The molecule has 29 heavy (non-hydrogen) atoms. The van der Waals surface area contributed by atoms with Crippen molar-refractivity contribution in [1.82, 2.24) is 4.90 Å². The molecule has 0 aliphatic carbocycles. The number of sulfone groups is 1. The molecule has 156 valence electrons. The van der Waals surface area contributed by atoms with Crippen LogP contribution < -0.4 is 0 Å². The van der Waals surface area contributed by atoms with Gasteiger partial charge in [0.1, 0.15) is 0 Å². The molecule has 0 aromatic heterocycles. The molecular weight excluding hydrogens is 406 g/mol. The molecule has 5 nitrogen and oxygen atoms in total. The Labute approximate surface area is 175 Å². The first kappa shape index (κ1) is 23.0. The largest absolute Gasteiger partial charge is 0.341 e. The van der Waals surface area contributed by atoms with E-state index < -0.39 is 20.6 Å². The summed E-state index contributed by atoms with van der Waals surface area (Å²) >= 11 is 0. The quantitative estimate of drug-likeness (QED) is 0.604. The lowest BCUT2D eigenvalue weighted by Gasteiger charge is -2.18. The van der Waals surface area contributed by atoms with E-state index in [-0.39, 0.29) is 10.8 Å². The number of benzene rings is 2. The van der Waals surface area contributed by atoms with Crippen molar-refractivity contribution in [2.75, 3.05) is 19.3 Å². The lowest BCUT2D eigenvalue weighted by atomic mass is 10.1. The van der Waals surface area contributed by atoms with Crippen molar-refractivity contribution >= 4 is 26.5 Å². The Hall–Kier alpha value is -2.25. The monoisotopic (exact) mass is 433 g/mol. The maximum atomic E-state index is 12.8. The number of nitrogens with zero attached hydrogens (tertiary/aromatic N) is 1. The standard InChI is InChI=1S/C22H27NO4S2/c1-4-28(25)17-19-9-5-6-10-21(19)22(24)23(3)15-7-8-16-29(26,27)20-13-11-18(2)12-14-20/h5-6,8-14,16H,4,7,15,17H2,1-3H3/b16-8+.